The lowest BCUT2D eigenvalue weighted by Gasteiger charge is -2.36. The van der Waals surface area contributed by atoms with Crippen LogP contribution in [0.4, 0.5) is 8.78 Å². The topological polar surface area (TPSA) is 75.9 Å². The third-order valence-electron chi connectivity index (χ3n) is 7.02. The van der Waals surface area contributed by atoms with Gasteiger partial charge >= 0.3 is 0 Å². The lowest BCUT2D eigenvalue weighted by molar-refractivity contribution is 0.0505. The molecule has 1 unspecified atom stereocenters. The highest BCUT2D eigenvalue weighted by Gasteiger charge is 2.30. The minimum Gasteiger partial charge on any atom is -0.375 e. The molecule has 0 spiro atoms. The Labute approximate surface area is 242 Å². The number of hydrogen-bond acceptors (Lipinski definition) is 4. The van der Waals surface area contributed by atoms with E-state index in [1.54, 1.807) is 43.3 Å². The van der Waals surface area contributed by atoms with Crippen LogP contribution in [0.15, 0.2) is 66.7 Å². The van der Waals surface area contributed by atoms with Crippen molar-refractivity contribution in [1.29, 1.82) is 0 Å². The van der Waals surface area contributed by atoms with Crippen LogP contribution in [0, 0.1) is 11.6 Å². The fourth-order valence-electron chi connectivity index (χ4n) is 4.78. The number of benzene rings is 3. The molecule has 6 nitrogen and oxygen atoms in total. The van der Waals surface area contributed by atoms with Crippen molar-refractivity contribution in [2.75, 3.05) is 27.2 Å². The van der Waals surface area contributed by atoms with Crippen molar-refractivity contribution >= 4 is 11.8 Å². The van der Waals surface area contributed by atoms with E-state index in [1.165, 1.54) is 22.6 Å². The van der Waals surface area contributed by atoms with Gasteiger partial charge in [0.1, 0.15) is 11.6 Å². The van der Waals surface area contributed by atoms with Gasteiger partial charge in [-0.25, -0.2) is 8.78 Å². The zero-order valence-corrected chi connectivity index (χ0v) is 24.4. The summed E-state index contributed by atoms with van der Waals surface area (Å²) in [5, 5.41) is 0. The molecule has 0 aliphatic rings. The van der Waals surface area contributed by atoms with Crippen molar-refractivity contribution in [2.24, 2.45) is 5.73 Å². The number of halogens is 2. The van der Waals surface area contributed by atoms with E-state index < -0.39 is 23.7 Å². The number of nitrogens with zero attached hydrogens (tertiary/aromatic N) is 2. The number of aryl methyl sites for hydroxylation is 1. The summed E-state index contributed by atoms with van der Waals surface area (Å²) >= 11 is 0. The molecule has 8 heteroatoms. The molecule has 3 aromatic carbocycles. The van der Waals surface area contributed by atoms with Crippen LogP contribution >= 0.6 is 0 Å². The Balaban J connectivity index is 1.92. The first-order valence-corrected chi connectivity index (χ1v) is 14.1. The number of nitrogens with two attached hydrogens (primary N) is 1. The second-order valence-electron chi connectivity index (χ2n) is 10.5. The van der Waals surface area contributed by atoms with Crippen LogP contribution in [0.2, 0.25) is 0 Å². The molecular weight excluding hydrogens is 524 g/mol. The van der Waals surface area contributed by atoms with E-state index in [4.69, 9.17) is 10.5 Å². The van der Waals surface area contributed by atoms with Crippen molar-refractivity contribution in [2.45, 2.75) is 58.2 Å². The van der Waals surface area contributed by atoms with Gasteiger partial charge < -0.3 is 20.3 Å². The van der Waals surface area contributed by atoms with Gasteiger partial charge in [-0.1, -0.05) is 50.6 Å². The molecule has 0 aliphatic heterocycles. The minimum atomic E-state index is -0.694. The fourth-order valence-corrected chi connectivity index (χ4v) is 4.78. The summed E-state index contributed by atoms with van der Waals surface area (Å²) < 4.78 is 34.3. The zero-order valence-electron chi connectivity index (χ0n) is 24.4. The summed E-state index contributed by atoms with van der Waals surface area (Å²) in [6.07, 6.45) is 2.57. The standard InChI is InChI=1S/C33H41F2N3O3/c1-5-7-14-38(33(40)27-13-9-12-26(19-27)32(39)37(3)4)31(18-25-16-28(34)20-29(35)17-25)30(36)22-41-21-24-11-8-10-23(6-2)15-24/h8-13,15-17,19-20,30-31H,5-7,14,18,21-22,36H2,1-4H3/t30?,31-/m0/s1. The minimum absolute atomic E-state index is 0.133. The van der Waals surface area contributed by atoms with E-state index in [0.29, 0.717) is 36.3 Å². The van der Waals surface area contributed by atoms with E-state index in [1.807, 2.05) is 19.1 Å². The monoisotopic (exact) mass is 565 g/mol. The Kier molecular flexibility index (Phi) is 12.0. The van der Waals surface area contributed by atoms with Crippen molar-refractivity contribution in [3.05, 3.63) is 106 Å². The Hall–Kier alpha value is -3.62. The number of carbonyl (C=O) groups is 2. The lowest BCUT2D eigenvalue weighted by atomic mass is 9.96. The van der Waals surface area contributed by atoms with Crippen molar-refractivity contribution in [1.82, 2.24) is 9.80 Å². The number of unbranched alkanes of at least 4 members (excludes halogenated alkanes) is 1. The predicted octanol–water partition coefficient (Wildman–Crippen LogP) is 5.63. The molecule has 0 bridgehead atoms. The Morgan fingerprint density at radius 3 is 2.12 bits per heavy atom. The second kappa shape index (κ2) is 15.4. The molecule has 220 valence electrons. The van der Waals surface area contributed by atoms with Gasteiger partial charge in [0.2, 0.25) is 0 Å². The third-order valence-corrected chi connectivity index (χ3v) is 7.02. The maximum Gasteiger partial charge on any atom is 0.254 e. The van der Waals surface area contributed by atoms with Gasteiger partial charge in [0.05, 0.1) is 19.3 Å². The normalized spacial score (nSPS) is 12.6. The fraction of sp³-hybridized carbons (Fsp3) is 0.394. The maximum atomic E-state index is 14.1. The van der Waals surface area contributed by atoms with Gasteiger partial charge in [-0.05, 0) is 66.3 Å². The van der Waals surface area contributed by atoms with Gasteiger partial charge in [0.25, 0.3) is 11.8 Å². The van der Waals surface area contributed by atoms with Crippen LogP contribution in [-0.4, -0.2) is 60.9 Å². The second-order valence-corrected chi connectivity index (χ2v) is 10.5. The molecule has 0 saturated carbocycles. The van der Waals surface area contributed by atoms with Crippen LogP contribution in [-0.2, 0) is 24.2 Å². The molecule has 3 aromatic rings. The lowest BCUT2D eigenvalue weighted by Crippen LogP contribution is -2.54. The molecule has 3 rings (SSSR count). The largest absolute Gasteiger partial charge is 0.375 e. The zero-order chi connectivity index (χ0) is 29.9. The summed E-state index contributed by atoms with van der Waals surface area (Å²) in [6, 6.07) is 16.8. The van der Waals surface area contributed by atoms with Crippen molar-refractivity contribution in [3.63, 3.8) is 0 Å². The molecule has 0 saturated heterocycles. The van der Waals surface area contributed by atoms with Crippen molar-refractivity contribution in [3.8, 4) is 0 Å². The highest BCUT2D eigenvalue weighted by atomic mass is 19.1. The molecule has 0 fully saturated rings. The molecule has 0 aromatic heterocycles. The van der Waals surface area contributed by atoms with Crippen LogP contribution in [0.3, 0.4) is 0 Å². The SMILES string of the molecule is CCCCN(C(=O)c1cccc(C(=O)N(C)C)c1)[C@@H](Cc1cc(F)cc(F)c1)C(N)COCc1cccc(CC)c1. The van der Waals surface area contributed by atoms with Crippen LogP contribution in [0.25, 0.3) is 0 Å². The summed E-state index contributed by atoms with van der Waals surface area (Å²) in [7, 11) is 3.30. The van der Waals surface area contributed by atoms with E-state index in [-0.39, 0.29) is 24.8 Å². The summed E-state index contributed by atoms with van der Waals surface area (Å²) in [6.45, 7) is 4.97. The van der Waals surface area contributed by atoms with Gasteiger partial charge in [-0.3, -0.25) is 9.59 Å². The number of carbonyl (C=O) groups excluding carboxylic acids is 2. The Morgan fingerprint density at radius 1 is 0.854 bits per heavy atom. The summed E-state index contributed by atoms with van der Waals surface area (Å²) in [5.74, 6) is -1.91. The number of rotatable bonds is 14. The third kappa shape index (κ3) is 9.20. The Morgan fingerprint density at radius 2 is 1.49 bits per heavy atom. The van der Waals surface area contributed by atoms with Crippen molar-refractivity contribution < 1.29 is 23.1 Å². The average Bonchev–Trinajstić information content (AvgIpc) is 2.95. The van der Waals surface area contributed by atoms with Crippen LogP contribution in [0.5, 0.6) is 0 Å². The molecule has 0 radical (unpaired) electrons. The molecule has 2 N–H and O–H groups in total. The molecule has 0 aliphatic carbocycles. The molecule has 41 heavy (non-hydrogen) atoms. The van der Waals surface area contributed by atoms with E-state index >= 15 is 0 Å². The number of hydrogen-bond donors (Lipinski definition) is 1. The average molecular weight is 566 g/mol. The highest BCUT2D eigenvalue weighted by molar-refractivity contribution is 5.99. The smallest absolute Gasteiger partial charge is 0.254 e. The van der Waals surface area contributed by atoms with Crippen LogP contribution in [0.1, 0.15) is 64.1 Å². The van der Waals surface area contributed by atoms with Gasteiger partial charge in [-0.15, -0.1) is 0 Å². The first-order chi connectivity index (χ1) is 19.6. The molecule has 2 amide bonds. The van der Waals surface area contributed by atoms with E-state index in [9.17, 15) is 18.4 Å². The number of ether oxygens (including phenoxy) is 1. The predicted molar refractivity (Wildman–Crippen MR) is 158 cm³/mol. The summed E-state index contributed by atoms with van der Waals surface area (Å²) in [5.41, 5.74) is 10.0. The Bertz CT molecular complexity index is 1290. The molecular formula is C33H41F2N3O3. The van der Waals surface area contributed by atoms with E-state index in [0.717, 1.165) is 24.5 Å². The summed E-state index contributed by atoms with van der Waals surface area (Å²) in [4.78, 5) is 29.7. The number of amides is 2. The maximum absolute atomic E-state index is 14.1. The first kappa shape index (κ1) is 31.9. The van der Waals surface area contributed by atoms with E-state index in [2.05, 4.69) is 19.1 Å². The first-order valence-electron chi connectivity index (χ1n) is 14.1. The highest BCUT2D eigenvalue weighted by Crippen LogP contribution is 2.20. The van der Waals surface area contributed by atoms with Crippen LogP contribution < -0.4 is 5.73 Å². The van der Waals surface area contributed by atoms with Gasteiger partial charge in [0, 0.05) is 43.9 Å². The molecule has 0 heterocycles. The quantitative estimate of drug-likeness (QED) is 0.275. The molecule has 2 atom stereocenters. The van der Waals surface area contributed by atoms with Gasteiger partial charge in [-0.2, -0.15) is 0 Å². The van der Waals surface area contributed by atoms with Gasteiger partial charge in [0.15, 0.2) is 0 Å².